The average molecular weight is 341 g/mol. The van der Waals surface area contributed by atoms with E-state index in [-0.39, 0.29) is 33.6 Å². The van der Waals surface area contributed by atoms with Gasteiger partial charge in [0, 0.05) is 18.6 Å². The van der Waals surface area contributed by atoms with Crippen LogP contribution in [0.5, 0.6) is 0 Å². The number of pyridine rings is 1. The average Bonchev–Trinajstić information content (AvgIpc) is 2.83. The highest BCUT2D eigenvalue weighted by atomic mass is 35.5. The van der Waals surface area contributed by atoms with Crippen molar-refractivity contribution < 1.29 is 9.90 Å². The summed E-state index contributed by atoms with van der Waals surface area (Å²) in [6.07, 6.45) is 6.18. The number of hydrogen-bond donors (Lipinski definition) is 2. The van der Waals surface area contributed by atoms with Crippen LogP contribution in [0.15, 0.2) is 24.8 Å². The Labute approximate surface area is 137 Å². The van der Waals surface area contributed by atoms with Gasteiger partial charge in [0.25, 0.3) is 5.91 Å². The molecule has 2 aromatic heterocycles. The zero-order valence-corrected chi connectivity index (χ0v) is 13.2. The lowest BCUT2D eigenvalue weighted by Crippen LogP contribution is -2.56. The number of halogens is 2. The maximum absolute atomic E-state index is 12.4. The highest BCUT2D eigenvalue weighted by molar-refractivity contribution is 6.39. The second-order valence-corrected chi connectivity index (χ2v) is 6.16. The number of rotatable bonds is 3. The van der Waals surface area contributed by atoms with Crippen molar-refractivity contribution in [3.63, 3.8) is 0 Å². The Bertz CT molecular complexity index is 698. The van der Waals surface area contributed by atoms with E-state index in [1.807, 2.05) is 13.1 Å². The van der Waals surface area contributed by atoms with Gasteiger partial charge in [0.15, 0.2) is 0 Å². The summed E-state index contributed by atoms with van der Waals surface area (Å²) < 4.78 is 1.67. The summed E-state index contributed by atoms with van der Waals surface area (Å²) in [6, 6.07) is -0.529. The van der Waals surface area contributed by atoms with Gasteiger partial charge < -0.3 is 10.4 Å². The third-order valence-corrected chi connectivity index (χ3v) is 4.31. The minimum absolute atomic E-state index is 0.190. The minimum atomic E-state index is -0.548. The molecule has 0 unspecified atom stereocenters. The minimum Gasteiger partial charge on any atom is -0.391 e. The van der Waals surface area contributed by atoms with E-state index in [0.29, 0.717) is 6.42 Å². The number of aliphatic hydroxyl groups is 1. The summed E-state index contributed by atoms with van der Waals surface area (Å²) >= 11 is 12.0. The summed E-state index contributed by atoms with van der Waals surface area (Å²) in [4.78, 5) is 16.2. The Morgan fingerprint density at radius 2 is 2.05 bits per heavy atom. The van der Waals surface area contributed by atoms with Gasteiger partial charge in [0.05, 0.1) is 40.0 Å². The van der Waals surface area contributed by atoms with E-state index in [1.165, 1.54) is 12.4 Å². The normalized spacial score (nSPS) is 23.9. The number of carbonyl (C=O) groups excluding carboxylic acids is 1. The Morgan fingerprint density at radius 1 is 1.36 bits per heavy atom. The molecular formula is C14H14Cl2N4O2. The molecule has 1 fully saturated rings. The van der Waals surface area contributed by atoms with Crippen LogP contribution in [0.2, 0.25) is 10.0 Å². The fraction of sp³-hybridized carbons (Fsp3) is 0.357. The number of nitrogens with one attached hydrogen (secondary N) is 1. The van der Waals surface area contributed by atoms with Crippen molar-refractivity contribution in [1.82, 2.24) is 20.1 Å². The van der Waals surface area contributed by atoms with Gasteiger partial charge in [-0.15, -0.1) is 0 Å². The molecule has 3 atom stereocenters. The fourth-order valence-electron chi connectivity index (χ4n) is 2.58. The van der Waals surface area contributed by atoms with Gasteiger partial charge in [-0.1, -0.05) is 23.2 Å². The maximum atomic E-state index is 12.4. The van der Waals surface area contributed by atoms with Crippen molar-refractivity contribution in [2.45, 2.75) is 31.5 Å². The molecule has 1 amide bonds. The van der Waals surface area contributed by atoms with Gasteiger partial charge in [0.2, 0.25) is 0 Å². The largest absolute Gasteiger partial charge is 0.391 e. The zero-order valence-electron chi connectivity index (χ0n) is 11.7. The molecule has 0 saturated heterocycles. The molecule has 8 heteroatoms. The summed E-state index contributed by atoms with van der Waals surface area (Å²) in [5, 5.41) is 17.4. The Morgan fingerprint density at radius 3 is 2.59 bits per heavy atom. The molecule has 22 heavy (non-hydrogen) atoms. The zero-order chi connectivity index (χ0) is 15.9. The Hall–Kier alpha value is -1.63. The van der Waals surface area contributed by atoms with E-state index in [9.17, 15) is 9.90 Å². The van der Waals surface area contributed by atoms with Crippen LogP contribution in [0.1, 0.15) is 28.4 Å². The summed E-state index contributed by atoms with van der Waals surface area (Å²) in [6.45, 7) is 1.92. The molecular weight excluding hydrogens is 327 g/mol. The van der Waals surface area contributed by atoms with Crippen LogP contribution >= 0.6 is 23.2 Å². The first-order chi connectivity index (χ1) is 10.5. The number of aliphatic hydroxyl groups excluding tert-OH is 1. The molecule has 2 aromatic rings. The van der Waals surface area contributed by atoms with Crippen LogP contribution in [-0.4, -0.2) is 37.9 Å². The topological polar surface area (TPSA) is 80.0 Å². The molecule has 1 saturated carbocycles. The van der Waals surface area contributed by atoms with Gasteiger partial charge in [-0.2, -0.15) is 5.10 Å². The van der Waals surface area contributed by atoms with Gasteiger partial charge >= 0.3 is 0 Å². The van der Waals surface area contributed by atoms with Crippen LogP contribution in [0.4, 0.5) is 0 Å². The SMILES string of the molecule is Cc1cnn([C@H]2[C@H](O)C[C@@H]2NC(=O)c2c(Cl)cncc2Cl)c1. The predicted octanol–water partition coefficient (Wildman–Crippen LogP) is 2.00. The highest BCUT2D eigenvalue weighted by Gasteiger charge is 2.43. The summed E-state index contributed by atoms with van der Waals surface area (Å²) in [5.41, 5.74) is 1.18. The third-order valence-electron chi connectivity index (χ3n) is 3.73. The van der Waals surface area contributed by atoms with E-state index in [2.05, 4.69) is 15.4 Å². The van der Waals surface area contributed by atoms with Gasteiger partial charge in [-0.05, 0) is 18.9 Å². The van der Waals surface area contributed by atoms with Crippen molar-refractivity contribution in [3.05, 3.63) is 46.0 Å². The van der Waals surface area contributed by atoms with Crippen molar-refractivity contribution in [1.29, 1.82) is 0 Å². The smallest absolute Gasteiger partial charge is 0.254 e. The van der Waals surface area contributed by atoms with E-state index < -0.39 is 6.10 Å². The van der Waals surface area contributed by atoms with Crippen LogP contribution in [0.3, 0.4) is 0 Å². The molecule has 1 aliphatic carbocycles. The van der Waals surface area contributed by atoms with Gasteiger partial charge in [-0.3, -0.25) is 14.5 Å². The molecule has 0 spiro atoms. The van der Waals surface area contributed by atoms with Crippen molar-refractivity contribution in [2.75, 3.05) is 0 Å². The monoisotopic (exact) mass is 340 g/mol. The van der Waals surface area contributed by atoms with Crippen LogP contribution in [0.25, 0.3) is 0 Å². The second kappa shape index (κ2) is 5.87. The third kappa shape index (κ3) is 2.69. The van der Waals surface area contributed by atoms with Crippen molar-refractivity contribution in [3.8, 4) is 0 Å². The van der Waals surface area contributed by atoms with E-state index in [1.54, 1.807) is 10.9 Å². The maximum Gasteiger partial charge on any atom is 0.254 e. The first kappa shape index (κ1) is 15.3. The molecule has 3 rings (SSSR count). The number of aromatic nitrogens is 3. The molecule has 0 radical (unpaired) electrons. The number of carbonyl (C=O) groups is 1. The number of aryl methyl sites for hydroxylation is 1. The van der Waals surface area contributed by atoms with Crippen LogP contribution < -0.4 is 5.32 Å². The molecule has 116 valence electrons. The lowest BCUT2D eigenvalue weighted by molar-refractivity contribution is -0.00589. The molecule has 6 nitrogen and oxygen atoms in total. The molecule has 0 aliphatic heterocycles. The van der Waals surface area contributed by atoms with Gasteiger partial charge in [-0.25, -0.2) is 0 Å². The highest BCUT2D eigenvalue weighted by Crippen LogP contribution is 2.33. The Balaban J connectivity index is 1.77. The van der Waals surface area contributed by atoms with E-state index >= 15 is 0 Å². The Kier molecular flexibility index (Phi) is 4.08. The van der Waals surface area contributed by atoms with Crippen molar-refractivity contribution in [2.24, 2.45) is 0 Å². The molecule has 2 N–H and O–H groups in total. The second-order valence-electron chi connectivity index (χ2n) is 5.35. The number of hydrogen-bond acceptors (Lipinski definition) is 4. The standard InChI is InChI=1S/C14H14Cl2N4O2/c1-7-3-18-20(6-7)13-10(2-11(13)21)19-14(22)12-8(15)4-17-5-9(12)16/h3-6,10-11,13,21H,2H2,1H3,(H,19,22)/t10-,11+,13+/m0/s1. The van der Waals surface area contributed by atoms with Crippen molar-refractivity contribution >= 4 is 29.1 Å². The van der Waals surface area contributed by atoms with Crippen LogP contribution in [0, 0.1) is 6.92 Å². The lowest BCUT2D eigenvalue weighted by Gasteiger charge is -2.41. The number of nitrogens with zero attached hydrogens (tertiary/aromatic N) is 3. The van der Waals surface area contributed by atoms with E-state index in [4.69, 9.17) is 23.2 Å². The predicted molar refractivity (Wildman–Crippen MR) is 82.1 cm³/mol. The van der Waals surface area contributed by atoms with E-state index in [0.717, 1.165) is 5.56 Å². The lowest BCUT2D eigenvalue weighted by atomic mass is 9.83. The van der Waals surface area contributed by atoms with Gasteiger partial charge in [0.1, 0.15) is 0 Å². The summed E-state index contributed by atoms with van der Waals surface area (Å²) in [7, 11) is 0. The quantitative estimate of drug-likeness (QED) is 0.895. The fourth-order valence-corrected chi connectivity index (χ4v) is 3.12. The number of amides is 1. The van der Waals surface area contributed by atoms with Crippen LogP contribution in [-0.2, 0) is 0 Å². The first-order valence-electron chi connectivity index (χ1n) is 6.76. The molecule has 0 bridgehead atoms. The molecule has 1 aliphatic rings. The molecule has 2 heterocycles. The summed E-state index contributed by atoms with van der Waals surface area (Å²) in [5.74, 6) is -0.386. The first-order valence-corrected chi connectivity index (χ1v) is 7.51. The molecule has 0 aromatic carbocycles.